The third-order valence-corrected chi connectivity index (χ3v) is 2.64. The molecular weight excluding hydrogens is 324 g/mol. The molecule has 1 nitrogen and oxygen atoms in total. The van der Waals surface area contributed by atoms with Gasteiger partial charge in [0.25, 0.3) is 0 Å². The summed E-state index contributed by atoms with van der Waals surface area (Å²) in [5, 5.41) is 0. The third kappa shape index (κ3) is 3.28. The number of hydrogen-bond donors (Lipinski definition) is 0. The van der Waals surface area contributed by atoms with E-state index in [0.717, 1.165) is 12.1 Å². The Morgan fingerprint density at radius 2 is 1.41 bits per heavy atom. The zero-order valence-electron chi connectivity index (χ0n) is 10.8. The number of alkyl halides is 7. The lowest BCUT2D eigenvalue weighted by atomic mass is 10.1. The molecule has 0 N–H and O–H groups in total. The fraction of sp³-hybridized carbons (Fsp3) is 0.308. The molecule has 1 aromatic rings. The highest BCUT2D eigenvalue weighted by Crippen LogP contribution is 2.50. The first kappa shape index (κ1) is 18.1. The highest BCUT2D eigenvalue weighted by atomic mass is 19.4. The van der Waals surface area contributed by atoms with E-state index in [4.69, 9.17) is 0 Å². The topological polar surface area (TPSA) is 17.1 Å². The standard InChI is InChI=1S/C13H8F8O/c1-7-2-4-8(5-3-7)9(22)6-10(14)11(15,16)12(17,18)13(19,20)21/h2-6H,1H3/b10-6-. The van der Waals surface area contributed by atoms with E-state index in [2.05, 4.69) is 0 Å². The van der Waals surface area contributed by atoms with Crippen molar-refractivity contribution in [1.82, 2.24) is 0 Å². The van der Waals surface area contributed by atoms with Crippen molar-refractivity contribution in [3.63, 3.8) is 0 Å². The quantitative estimate of drug-likeness (QED) is 0.437. The van der Waals surface area contributed by atoms with Crippen LogP contribution in [0.3, 0.4) is 0 Å². The third-order valence-electron chi connectivity index (χ3n) is 2.64. The Bertz CT molecular complexity index is 583. The van der Waals surface area contributed by atoms with Gasteiger partial charge in [-0.15, -0.1) is 0 Å². The van der Waals surface area contributed by atoms with Crippen molar-refractivity contribution >= 4 is 5.78 Å². The summed E-state index contributed by atoms with van der Waals surface area (Å²) in [7, 11) is 0. The van der Waals surface area contributed by atoms with Gasteiger partial charge in [0.1, 0.15) is 0 Å². The van der Waals surface area contributed by atoms with Gasteiger partial charge in [-0.3, -0.25) is 4.79 Å². The highest BCUT2D eigenvalue weighted by molar-refractivity contribution is 6.04. The summed E-state index contributed by atoms with van der Waals surface area (Å²) in [5.74, 6) is -17.5. The molecule has 0 aliphatic heterocycles. The molecule has 1 aromatic carbocycles. The van der Waals surface area contributed by atoms with Gasteiger partial charge in [0.05, 0.1) is 0 Å². The van der Waals surface area contributed by atoms with Crippen LogP contribution in [0.15, 0.2) is 36.2 Å². The fourth-order valence-electron chi connectivity index (χ4n) is 1.33. The van der Waals surface area contributed by atoms with Gasteiger partial charge in [0.2, 0.25) is 0 Å². The summed E-state index contributed by atoms with van der Waals surface area (Å²) in [6, 6.07) is 4.87. The minimum atomic E-state index is -6.67. The second kappa shape index (κ2) is 5.69. The van der Waals surface area contributed by atoms with Gasteiger partial charge in [-0.1, -0.05) is 29.8 Å². The highest BCUT2D eigenvalue weighted by Gasteiger charge is 2.75. The molecule has 0 atom stereocenters. The number of ketones is 1. The van der Waals surface area contributed by atoms with E-state index in [0.29, 0.717) is 5.56 Å². The van der Waals surface area contributed by atoms with Crippen molar-refractivity contribution < 1.29 is 39.9 Å². The van der Waals surface area contributed by atoms with E-state index in [9.17, 15) is 39.9 Å². The second-order valence-electron chi connectivity index (χ2n) is 4.37. The predicted molar refractivity (Wildman–Crippen MR) is 60.6 cm³/mol. The minimum absolute atomic E-state index is 0.341. The number of allylic oxidation sites excluding steroid dienone is 2. The molecular formula is C13H8F8O. The molecule has 22 heavy (non-hydrogen) atoms. The van der Waals surface area contributed by atoms with Crippen LogP contribution in [0.5, 0.6) is 0 Å². The van der Waals surface area contributed by atoms with Crippen LogP contribution in [0.25, 0.3) is 0 Å². The smallest absolute Gasteiger partial charge is 0.289 e. The molecule has 0 unspecified atom stereocenters. The van der Waals surface area contributed by atoms with E-state index in [1.165, 1.54) is 12.1 Å². The van der Waals surface area contributed by atoms with Crippen molar-refractivity contribution in [2.75, 3.05) is 0 Å². The molecule has 0 saturated heterocycles. The molecule has 0 spiro atoms. The van der Waals surface area contributed by atoms with E-state index in [-0.39, 0.29) is 5.56 Å². The van der Waals surface area contributed by atoms with E-state index in [1.807, 2.05) is 0 Å². The monoisotopic (exact) mass is 332 g/mol. The maximum atomic E-state index is 13.1. The van der Waals surface area contributed by atoms with E-state index >= 15 is 0 Å². The van der Waals surface area contributed by atoms with Gasteiger partial charge in [-0.2, -0.15) is 30.7 Å². The van der Waals surface area contributed by atoms with Crippen molar-refractivity contribution in [3.05, 3.63) is 47.3 Å². The van der Waals surface area contributed by atoms with Crippen molar-refractivity contribution in [3.8, 4) is 0 Å². The average Bonchev–Trinajstić information content (AvgIpc) is 2.37. The molecule has 0 aliphatic rings. The van der Waals surface area contributed by atoms with E-state index < -0.39 is 35.7 Å². The molecule has 0 amide bonds. The van der Waals surface area contributed by atoms with Gasteiger partial charge >= 0.3 is 18.0 Å². The first-order valence-corrected chi connectivity index (χ1v) is 5.61. The summed E-state index contributed by atoms with van der Waals surface area (Å²) in [4.78, 5) is 11.4. The Kier molecular flexibility index (Phi) is 4.69. The van der Waals surface area contributed by atoms with Gasteiger partial charge in [-0.05, 0) is 6.92 Å². The van der Waals surface area contributed by atoms with Crippen LogP contribution < -0.4 is 0 Å². The van der Waals surface area contributed by atoms with Crippen LogP contribution in [0, 0.1) is 6.92 Å². The van der Waals surface area contributed by atoms with Gasteiger partial charge in [0, 0.05) is 11.6 Å². The average molecular weight is 332 g/mol. The van der Waals surface area contributed by atoms with Crippen molar-refractivity contribution in [1.29, 1.82) is 0 Å². The normalized spacial score (nSPS) is 14.1. The van der Waals surface area contributed by atoms with Crippen LogP contribution in [-0.2, 0) is 0 Å². The van der Waals surface area contributed by atoms with Crippen LogP contribution in [0.4, 0.5) is 35.1 Å². The lowest BCUT2D eigenvalue weighted by molar-refractivity contribution is -0.347. The first-order valence-electron chi connectivity index (χ1n) is 5.61. The summed E-state index contributed by atoms with van der Waals surface area (Å²) in [5.41, 5.74) is 0.321. The molecule has 0 bridgehead atoms. The molecule has 0 aliphatic carbocycles. The van der Waals surface area contributed by atoms with Crippen molar-refractivity contribution in [2.45, 2.75) is 24.9 Å². The number of carbonyl (C=O) groups excluding carboxylic acids is 1. The van der Waals surface area contributed by atoms with Crippen LogP contribution in [0.2, 0.25) is 0 Å². The maximum Gasteiger partial charge on any atom is 0.460 e. The van der Waals surface area contributed by atoms with Gasteiger partial charge in [-0.25, -0.2) is 4.39 Å². The lowest BCUT2D eigenvalue weighted by Gasteiger charge is -2.26. The Hall–Kier alpha value is -1.93. The van der Waals surface area contributed by atoms with Crippen molar-refractivity contribution in [2.24, 2.45) is 0 Å². The van der Waals surface area contributed by atoms with Crippen LogP contribution in [-0.4, -0.2) is 23.8 Å². The first-order chi connectivity index (χ1) is 9.80. The van der Waals surface area contributed by atoms with Crippen LogP contribution in [0.1, 0.15) is 15.9 Å². The molecule has 1 rings (SSSR count). The number of benzene rings is 1. The number of carbonyl (C=O) groups is 1. The summed E-state index contributed by atoms with van der Waals surface area (Å²) in [6.45, 7) is 1.61. The Labute approximate surface area is 119 Å². The molecule has 0 radical (unpaired) electrons. The molecule has 0 aromatic heterocycles. The molecule has 0 fully saturated rings. The minimum Gasteiger partial charge on any atom is -0.289 e. The molecule has 122 valence electrons. The fourth-order valence-corrected chi connectivity index (χ4v) is 1.33. The largest absolute Gasteiger partial charge is 0.460 e. The zero-order chi connectivity index (χ0) is 17.3. The lowest BCUT2D eigenvalue weighted by Crippen LogP contribution is -2.52. The molecule has 0 heterocycles. The SMILES string of the molecule is Cc1ccc(C(=O)/C=C(\F)C(F)(F)C(F)(F)C(F)(F)F)cc1. The zero-order valence-corrected chi connectivity index (χ0v) is 10.8. The summed E-state index contributed by atoms with van der Waals surface area (Å²) < 4.78 is 99.9. The predicted octanol–water partition coefficient (Wildman–Crippen LogP) is 4.86. The Morgan fingerprint density at radius 1 is 0.955 bits per heavy atom. The van der Waals surface area contributed by atoms with Crippen LogP contribution >= 0.6 is 0 Å². The van der Waals surface area contributed by atoms with E-state index in [1.54, 1.807) is 6.92 Å². The molecule has 0 saturated carbocycles. The molecule has 9 heteroatoms. The van der Waals surface area contributed by atoms with Gasteiger partial charge in [0.15, 0.2) is 11.6 Å². The second-order valence-corrected chi connectivity index (χ2v) is 4.37. The Balaban J connectivity index is 3.15. The maximum absolute atomic E-state index is 13.1. The number of rotatable bonds is 4. The summed E-state index contributed by atoms with van der Waals surface area (Å²) in [6.07, 6.45) is -7.25. The number of aryl methyl sites for hydroxylation is 1. The summed E-state index contributed by atoms with van der Waals surface area (Å²) >= 11 is 0. The van der Waals surface area contributed by atoms with Gasteiger partial charge < -0.3 is 0 Å². The number of hydrogen-bond acceptors (Lipinski definition) is 1. The Morgan fingerprint density at radius 3 is 1.82 bits per heavy atom. The number of halogens is 8.